The highest BCUT2D eigenvalue weighted by Crippen LogP contribution is 2.24. The molecule has 0 aliphatic carbocycles. The van der Waals surface area contributed by atoms with Gasteiger partial charge in [0.15, 0.2) is 0 Å². The third-order valence-electron chi connectivity index (χ3n) is 3.21. The Labute approximate surface area is 124 Å². The number of anilines is 1. The van der Waals surface area contributed by atoms with Gasteiger partial charge in [0.05, 0.1) is 6.10 Å². The molecule has 5 N–H and O–H groups in total. The lowest BCUT2D eigenvalue weighted by molar-refractivity contribution is 0.152. The summed E-state index contributed by atoms with van der Waals surface area (Å²) in [6, 6.07) is 5.01. The fraction of sp³-hybridized carbons (Fsp3) is 0.429. The minimum atomic E-state index is -3.67. The van der Waals surface area contributed by atoms with E-state index in [2.05, 4.69) is 9.71 Å². The van der Waals surface area contributed by atoms with E-state index in [1.807, 2.05) is 13.8 Å². The fourth-order valence-electron chi connectivity index (χ4n) is 2.25. The number of fused-ring (bicyclic) bond motifs is 1. The highest BCUT2D eigenvalue weighted by Gasteiger charge is 2.20. The number of nitrogens with two attached hydrogens (primary N) is 1. The smallest absolute Gasteiger partial charge is 0.242 e. The second-order valence-electron chi connectivity index (χ2n) is 5.59. The molecule has 21 heavy (non-hydrogen) atoms. The molecule has 0 bridgehead atoms. The zero-order valence-electron chi connectivity index (χ0n) is 12.1. The van der Waals surface area contributed by atoms with Gasteiger partial charge in [-0.1, -0.05) is 13.8 Å². The van der Waals surface area contributed by atoms with E-state index in [-0.39, 0.29) is 11.4 Å². The normalized spacial score (nSPS) is 13.9. The molecular formula is C14H21N3O3S. The molecule has 0 aliphatic heterocycles. The van der Waals surface area contributed by atoms with Gasteiger partial charge >= 0.3 is 0 Å². The second-order valence-corrected chi connectivity index (χ2v) is 7.33. The monoisotopic (exact) mass is 311 g/mol. The van der Waals surface area contributed by atoms with Crippen LogP contribution in [0.3, 0.4) is 0 Å². The number of hydrogen-bond donors (Lipinski definition) is 4. The third-order valence-corrected chi connectivity index (χ3v) is 4.67. The molecule has 116 valence electrons. The Morgan fingerprint density at radius 2 is 2.10 bits per heavy atom. The standard InChI is InChI=1S/C14H21N3O3S/c1-9(2)5-11(18)7-17-21(19,20)14-8-16-13-6-10(15)3-4-12(13)14/h3-4,6,8-9,11,16-18H,5,7,15H2,1-2H3. The Kier molecular flexibility index (Phi) is 4.55. The Morgan fingerprint density at radius 3 is 2.76 bits per heavy atom. The van der Waals surface area contributed by atoms with Crippen molar-refractivity contribution in [2.75, 3.05) is 12.3 Å². The van der Waals surface area contributed by atoms with Crippen LogP contribution in [0.4, 0.5) is 5.69 Å². The van der Waals surface area contributed by atoms with Crippen LogP contribution in [-0.4, -0.2) is 31.2 Å². The largest absolute Gasteiger partial charge is 0.399 e. The lowest BCUT2D eigenvalue weighted by atomic mass is 10.1. The van der Waals surface area contributed by atoms with Crippen molar-refractivity contribution in [2.24, 2.45) is 5.92 Å². The first-order valence-electron chi connectivity index (χ1n) is 6.84. The predicted molar refractivity (Wildman–Crippen MR) is 83.4 cm³/mol. The molecule has 1 aromatic heterocycles. The quantitative estimate of drug-likeness (QED) is 0.605. The van der Waals surface area contributed by atoms with Crippen LogP contribution in [0.5, 0.6) is 0 Å². The molecule has 0 saturated heterocycles. The van der Waals surface area contributed by atoms with Crippen LogP contribution < -0.4 is 10.5 Å². The maximum atomic E-state index is 12.3. The number of H-pyrrole nitrogens is 1. The maximum absolute atomic E-state index is 12.3. The van der Waals surface area contributed by atoms with Crippen molar-refractivity contribution < 1.29 is 13.5 Å². The highest BCUT2D eigenvalue weighted by molar-refractivity contribution is 7.89. The van der Waals surface area contributed by atoms with E-state index in [0.29, 0.717) is 28.9 Å². The molecule has 1 atom stereocenters. The summed E-state index contributed by atoms with van der Waals surface area (Å²) < 4.78 is 27.1. The molecule has 0 spiro atoms. The van der Waals surface area contributed by atoms with Crippen LogP contribution in [0.1, 0.15) is 20.3 Å². The minimum Gasteiger partial charge on any atom is -0.399 e. The summed E-state index contributed by atoms with van der Waals surface area (Å²) in [6.07, 6.45) is 1.29. The van der Waals surface area contributed by atoms with E-state index in [1.54, 1.807) is 18.2 Å². The van der Waals surface area contributed by atoms with Gasteiger partial charge in [0.2, 0.25) is 10.0 Å². The summed E-state index contributed by atoms with van der Waals surface area (Å²) in [5, 5.41) is 10.4. The molecule has 1 aromatic carbocycles. The number of benzene rings is 1. The molecule has 0 fully saturated rings. The number of hydrogen-bond acceptors (Lipinski definition) is 4. The average molecular weight is 311 g/mol. The van der Waals surface area contributed by atoms with Crippen LogP contribution in [-0.2, 0) is 10.0 Å². The number of sulfonamides is 1. The summed E-state index contributed by atoms with van der Waals surface area (Å²) >= 11 is 0. The molecule has 0 aliphatic rings. The van der Waals surface area contributed by atoms with Crippen molar-refractivity contribution >= 4 is 26.6 Å². The van der Waals surface area contributed by atoms with Crippen LogP contribution in [0.15, 0.2) is 29.3 Å². The minimum absolute atomic E-state index is 0.00214. The number of nitrogens with one attached hydrogen (secondary N) is 2. The first kappa shape index (κ1) is 15.8. The van der Waals surface area contributed by atoms with Crippen molar-refractivity contribution in [3.05, 3.63) is 24.4 Å². The zero-order valence-corrected chi connectivity index (χ0v) is 12.9. The lowest BCUT2D eigenvalue weighted by Crippen LogP contribution is -2.32. The number of rotatable bonds is 6. The summed E-state index contributed by atoms with van der Waals surface area (Å²) in [6.45, 7) is 3.95. The van der Waals surface area contributed by atoms with Gasteiger partial charge in [-0.05, 0) is 30.5 Å². The Bertz CT molecular complexity index is 722. The number of nitrogen functional groups attached to an aromatic ring is 1. The summed E-state index contributed by atoms with van der Waals surface area (Å²) in [5.74, 6) is 0.306. The number of aromatic nitrogens is 1. The number of aliphatic hydroxyl groups excluding tert-OH is 1. The first-order chi connectivity index (χ1) is 9.79. The Hall–Kier alpha value is -1.57. The molecule has 6 nitrogen and oxygen atoms in total. The predicted octanol–water partition coefficient (Wildman–Crippen LogP) is 1.44. The van der Waals surface area contributed by atoms with Crippen molar-refractivity contribution in [1.29, 1.82) is 0 Å². The van der Waals surface area contributed by atoms with Crippen molar-refractivity contribution in [2.45, 2.75) is 31.3 Å². The maximum Gasteiger partial charge on any atom is 0.242 e. The molecule has 0 radical (unpaired) electrons. The fourth-order valence-corrected chi connectivity index (χ4v) is 3.50. The summed E-state index contributed by atoms with van der Waals surface area (Å²) in [7, 11) is -3.67. The molecular weight excluding hydrogens is 290 g/mol. The average Bonchev–Trinajstić information content (AvgIpc) is 2.79. The zero-order chi connectivity index (χ0) is 15.6. The topological polar surface area (TPSA) is 108 Å². The SMILES string of the molecule is CC(C)CC(O)CNS(=O)(=O)c1c[nH]c2cc(N)ccc12. The lowest BCUT2D eigenvalue weighted by Gasteiger charge is -2.13. The first-order valence-corrected chi connectivity index (χ1v) is 8.32. The van der Waals surface area contributed by atoms with Crippen LogP contribution >= 0.6 is 0 Å². The van der Waals surface area contributed by atoms with Gasteiger partial charge in [0.1, 0.15) is 4.90 Å². The van der Waals surface area contributed by atoms with Gasteiger partial charge in [-0.25, -0.2) is 13.1 Å². The summed E-state index contributed by atoms with van der Waals surface area (Å²) in [5.41, 5.74) is 6.90. The third kappa shape index (κ3) is 3.75. The summed E-state index contributed by atoms with van der Waals surface area (Å²) in [4.78, 5) is 3.05. The van der Waals surface area contributed by atoms with Gasteiger partial charge in [-0.15, -0.1) is 0 Å². The van der Waals surface area contributed by atoms with E-state index >= 15 is 0 Å². The molecule has 2 rings (SSSR count). The second kappa shape index (κ2) is 6.05. The van der Waals surface area contributed by atoms with E-state index in [1.165, 1.54) is 6.20 Å². The van der Waals surface area contributed by atoms with Gasteiger partial charge in [0.25, 0.3) is 0 Å². The highest BCUT2D eigenvalue weighted by atomic mass is 32.2. The van der Waals surface area contributed by atoms with Crippen LogP contribution in [0, 0.1) is 5.92 Å². The van der Waals surface area contributed by atoms with Crippen LogP contribution in [0.2, 0.25) is 0 Å². The molecule has 2 aromatic rings. The van der Waals surface area contributed by atoms with E-state index in [9.17, 15) is 13.5 Å². The van der Waals surface area contributed by atoms with Gasteiger partial charge in [-0.3, -0.25) is 0 Å². The molecule has 7 heteroatoms. The van der Waals surface area contributed by atoms with Crippen molar-refractivity contribution in [3.8, 4) is 0 Å². The van der Waals surface area contributed by atoms with Gasteiger partial charge in [0, 0.05) is 29.3 Å². The van der Waals surface area contributed by atoms with E-state index in [4.69, 9.17) is 5.73 Å². The van der Waals surface area contributed by atoms with Crippen molar-refractivity contribution in [3.63, 3.8) is 0 Å². The van der Waals surface area contributed by atoms with Gasteiger partial charge in [-0.2, -0.15) is 0 Å². The Balaban J connectivity index is 2.18. The molecule has 0 amide bonds. The molecule has 0 saturated carbocycles. The van der Waals surface area contributed by atoms with Crippen molar-refractivity contribution in [1.82, 2.24) is 9.71 Å². The number of aliphatic hydroxyl groups is 1. The molecule has 1 unspecified atom stereocenters. The van der Waals surface area contributed by atoms with E-state index in [0.717, 1.165) is 0 Å². The van der Waals surface area contributed by atoms with Gasteiger partial charge < -0.3 is 15.8 Å². The molecule has 1 heterocycles. The Morgan fingerprint density at radius 1 is 1.38 bits per heavy atom. The van der Waals surface area contributed by atoms with Crippen LogP contribution in [0.25, 0.3) is 10.9 Å². The number of aromatic amines is 1. The van der Waals surface area contributed by atoms with E-state index < -0.39 is 16.1 Å².